The van der Waals surface area contributed by atoms with E-state index < -0.39 is 0 Å². The summed E-state index contributed by atoms with van der Waals surface area (Å²) >= 11 is 7.65. The van der Waals surface area contributed by atoms with Gasteiger partial charge in [-0.25, -0.2) is 0 Å². The van der Waals surface area contributed by atoms with Gasteiger partial charge in [-0.2, -0.15) is 0 Å². The molecule has 0 bridgehead atoms. The summed E-state index contributed by atoms with van der Waals surface area (Å²) in [5.41, 5.74) is 6.31. The Kier molecular flexibility index (Phi) is 8.21. The molecule has 0 aliphatic carbocycles. The standard InChI is InChI=1S/C16H18ClN3O2S.ClH/c1-10(8-18)15(21)20-11-4-5-14(17)13(7-11)16(22)19-9-12-3-2-6-23-12;/h2-7,10H,8-9,18H2,1H3,(H,19,22)(H,20,21);1H. The topological polar surface area (TPSA) is 84.2 Å². The molecule has 0 aliphatic rings. The predicted octanol–water partition coefficient (Wildman–Crippen LogP) is 3.29. The fourth-order valence-corrected chi connectivity index (χ4v) is 2.67. The molecule has 0 saturated heterocycles. The lowest BCUT2D eigenvalue weighted by Gasteiger charge is -2.12. The zero-order valence-corrected chi connectivity index (χ0v) is 15.4. The molecule has 0 fully saturated rings. The first-order chi connectivity index (χ1) is 11.0. The van der Waals surface area contributed by atoms with E-state index in [2.05, 4.69) is 10.6 Å². The molecule has 1 heterocycles. The number of anilines is 1. The molecule has 5 nitrogen and oxygen atoms in total. The number of carbonyl (C=O) groups is 2. The Labute approximate surface area is 156 Å². The Bertz CT molecular complexity index is 693. The zero-order chi connectivity index (χ0) is 16.8. The molecule has 130 valence electrons. The van der Waals surface area contributed by atoms with Crippen LogP contribution in [0, 0.1) is 5.92 Å². The van der Waals surface area contributed by atoms with Crippen LogP contribution in [0.4, 0.5) is 5.69 Å². The summed E-state index contributed by atoms with van der Waals surface area (Å²) in [6.45, 7) is 2.43. The summed E-state index contributed by atoms with van der Waals surface area (Å²) in [4.78, 5) is 25.2. The van der Waals surface area contributed by atoms with Crippen LogP contribution in [-0.2, 0) is 11.3 Å². The fourth-order valence-electron chi connectivity index (χ4n) is 1.83. The van der Waals surface area contributed by atoms with Crippen molar-refractivity contribution in [1.29, 1.82) is 0 Å². The van der Waals surface area contributed by atoms with Gasteiger partial charge in [0.05, 0.1) is 17.1 Å². The molecule has 0 aliphatic heterocycles. The molecule has 1 aromatic carbocycles. The van der Waals surface area contributed by atoms with E-state index in [1.165, 1.54) is 0 Å². The quantitative estimate of drug-likeness (QED) is 0.710. The third kappa shape index (κ3) is 5.49. The summed E-state index contributed by atoms with van der Waals surface area (Å²) in [5.74, 6) is -0.784. The largest absolute Gasteiger partial charge is 0.347 e. The summed E-state index contributed by atoms with van der Waals surface area (Å²) in [6.07, 6.45) is 0. The van der Waals surface area contributed by atoms with Crippen molar-refractivity contribution < 1.29 is 9.59 Å². The van der Waals surface area contributed by atoms with E-state index in [1.807, 2.05) is 17.5 Å². The van der Waals surface area contributed by atoms with Gasteiger partial charge in [-0.05, 0) is 29.6 Å². The highest BCUT2D eigenvalue weighted by Crippen LogP contribution is 2.21. The van der Waals surface area contributed by atoms with Crippen LogP contribution >= 0.6 is 35.3 Å². The average molecular weight is 388 g/mol. The molecule has 4 N–H and O–H groups in total. The molecule has 0 saturated carbocycles. The number of rotatable bonds is 6. The second-order valence-electron chi connectivity index (χ2n) is 5.08. The Morgan fingerprint density at radius 2 is 2.08 bits per heavy atom. The molecular formula is C16H19Cl2N3O2S. The molecule has 0 spiro atoms. The third-order valence-electron chi connectivity index (χ3n) is 3.28. The van der Waals surface area contributed by atoms with Crippen molar-refractivity contribution in [2.24, 2.45) is 11.7 Å². The van der Waals surface area contributed by atoms with Gasteiger partial charge in [0.2, 0.25) is 5.91 Å². The van der Waals surface area contributed by atoms with Crippen LogP contribution in [0.25, 0.3) is 0 Å². The minimum absolute atomic E-state index is 0. The molecule has 2 rings (SSSR count). The van der Waals surface area contributed by atoms with Gasteiger partial charge in [0, 0.05) is 23.0 Å². The van der Waals surface area contributed by atoms with E-state index in [1.54, 1.807) is 36.5 Å². The Balaban J connectivity index is 0.00000288. The van der Waals surface area contributed by atoms with Gasteiger partial charge in [-0.3, -0.25) is 9.59 Å². The summed E-state index contributed by atoms with van der Waals surface area (Å²) < 4.78 is 0. The van der Waals surface area contributed by atoms with Crippen LogP contribution in [0.15, 0.2) is 35.7 Å². The molecule has 0 radical (unpaired) electrons. The lowest BCUT2D eigenvalue weighted by Crippen LogP contribution is -2.27. The maximum atomic E-state index is 12.3. The zero-order valence-electron chi connectivity index (χ0n) is 13.0. The number of hydrogen-bond donors (Lipinski definition) is 3. The third-order valence-corrected chi connectivity index (χ3v) is 4.49. The number of nitrogens with one attached hydrogen (secondary N) is 2. The van der Waals surface area contributed by atoms with Crippen LogP contribution in [0.1, 0.15) is 22.2 Å². The van der Waals surface area contributed by atoms with Crippen LogP contribution < -0.4 is 16.4 Å². The fraction of sp³-hybridized carbons (Fsp3) is 0.250. The first-order valence-electron chi connectivity index (χ1n) is 7.12. The number of thiophene rings is 1. The van der Waals surface area contributed by atoms with Crippen molar-refractivity contribution in [2.75, 3.05) is 11.9 Å². The van der Waals surface area contributed by atoms with Gasteiger partial charge in [0.25, 0.3) is 5.91 Å². The summed E-state index contributed by atoms with van der Waals surface area (Å²) in [5, 5.41) is 7.82. The lowest BCUT2D eigenvalue weighted by molar-refractivity contribution is -0.119. The van der Waals surface area contributed by atoms with Gasteiger partial charge in [0.15, 0.2) is 0 Å². The Morgan fingerprint density at radius 3 is 2.71 bits per heavy atom. The second kappa shape index (κ2) is 9.64. The van der Waals surface area contributed by atoms with E-state index in [4.69, 9.17) is 17.3 Å². The monoisotopic (exact) mass is 387 g/mol. The molecule has 8 heteroatoms. The lowest BCUT2D eigenvalue weighted by atomic mass is 10.1. The normalized spacial score (nSPS) is 11.3. The van der Waals surface area contributed by atoms with Gasteiger partial charge in [-0.1, -0.05) is 24.6 Å². The van der Waals surface area contributed by atoms with E-state index in [0.717, 1.165) is 4.88 Å². The smallest absolute Gasteiger partial charge is 0.253 e. The van der Waals surface area contributed by atoms with Crippen LogP contribution in [0.3, 0.4) is 0 Å². The van der Waals surface area contributed by atoms with Gasteiger partial charge in [0.1, 0.15) is 0 Å². The maximum Gasteiger partial charge on any atom is 0.253 e. The number of halogens is 2. The molecule has 1 aromatic heterocycles. The van der Waals surface area contributed by atoms with Gasteiger partial charge < -0.3 is 16.4 Å². The van der Waals surface area contributed by atoms with Crippen molar-refractivity contribution in [3.05, 3.63) is 51.2 Å². The Morgan fingerprint density at radius 1 is 1.33 bits per heavy atom. The van der Waals surface area contributed by atoms with E-state index in [-0.39, 0.29) is 36.7 Å². The number of nitrogens with two attached hydrogens (primary N) is 1. The van der Waals surface area contributed by atoms with E-state index in [9.17, 15) is 9.59 Å². The molecular weight excluding hydrogens is 369 g/mol. The molecule has 1 atom stereocenters. The van der Waals surface area contributed by atoms with Crippen molar-refractivity contribution in [1.82, 2.24) is 5.32 Å². The summed E-state index contributed by atoms with van der Waals surface area (Å²) in [7, 11) is 0. The van der Waals surface area contributed by atoms with Gasteiger partial charge in [-0.15, -0.1) is 23.7 Å². The van der Waals surface area contributed by atoms with Crippen molar-refractivity contribution in [3.8, 4) is 0 Å². The minimum atomic E-state index is -0.304. The Hall–Kier alpha value is -1.60. The van der Waals surface area contributed by atoms with Gasteiger partial charge >= 0.3 is 0 Å². The average Bonchev–Trinajstić information content (AvgIpc) is 3.07. The summed E-state index contributed by atoms with van der Waals surface area (Å²) in [6, 6.07) is 8.67. The van der Waals surface area contributed by atoms with Crippen LogP contribution in [-0.4, -0.2) is 18.4 Å². The first kappa shape index (κ1) is 20.4. The molecule has 2 amide bonds. The second-order valence-corrected chi connectivity index (χ2v) is 6.52. The van der Waals surface area contributed by atoms with Crippen molar-refractivity contribution in [3.63, 3.8) is 0 Å². The number of benzene rings is 1. The highest BCUT2D eigenvalue weighted by atomic mass is 35.5. The highest BCUT2D eigenvalue weighted by Gasteiger charge is 2.14. The number of hydrogen-bond acceptors (Lipinski definition) is 4. The van der Waals surface area contributed by atoms with E-state index >= 15 is 0 Å². The molecule has 2 aromatic rings. The molecule has 24 heavy (non-hydrogen) atoms. The SMILES string of the molecule is CC(CN)C(=O)Nc1ccc(Cl)c(C(=O)NCc2cccs2)c1.Cl. The maximum absolute atomic E-state index is 12.3. The molecule has 1 unspecified atom stereocenters. The highest BCUT2D eigenvalue weighted by molar-refractivity contribution is 7.09. The van der Waals surface area contributed by atoms with Crippen LogP contribution in [0.2, 0.25) is 5.02 Å². The number of carbonyl (C=O) groups excluding carboxylic acids is 2. The predicted molar refractivity (Wildman–Crippen MR) is 101 cm³/mol. The van der Waals surface area contributed by atoms with Crippen molar-refractivity contribution in [2.45, 2.75) is 13.5 Å². The number of amides is 2. The van der Waals surface area contributed by atoms with Crippen LogP contribution in [0.5, 0.6) is 0 Å². The first-order valence-corrected chi connectivity index (χ1v) is 8.38. The van der Waals surface area contributed by atoms with Crippen molar-refractivity contribution >= 4 is 52.8 Å². The van der Waals surface area contributed by atoms with E-state index in [0.29, 0.717) is 22.8 Å². The minimum Gasteiger partial charge on any atom is -0.347 e.